The molecule has 1 heterocycles. The van der Waals surface area contributed by atoms with Crippen LogP contribution in [0.1, 0.15) is 63.5 Å². The summed E-state index contributed by atoms with van der Waals surface area (Å²) >= 11 is 0. The third kappa shape index (κ3) is 5.45. The summed E-state index contributed by atoms with van der Waals surface area (Å²) in [4.78, 5) is 30.3. The summed E-state index contributed by atoms with van der Waals surface area (Å²) in [7, 11) is 4.37. The Bertz CT molecular complexity index is 1010. The second-order valence-corrected chi connectivity index (χ2v) is 11.6. The van der Waals surface area contributed by atoms with Crippen molar-refractivity contribution in [2.24, 2.45) is 10.8 Å². The number of carbonyl (C=O) groups excluding carboxylic acids is 2. The monoisotopic (exact) mass is 475 g/mol. The number of nitrogens with one attached hydrogen (secondary N) is 1. The molecule has 0 unspecified atom stereocenters. The minimum absolute atomic E-state index is 0.0407. The maximum absolute atomic E-state index is 13.0. The Hall–Kier alpha value is -2.66. The molecule has 2 aliphatic rings. The summed E-state index contributed by atoms with van der Waals surface area (Å²) in [6, 6.07) is 20.8. The number of nitrogens with zero attached hydrogens (tertiary/aromatic N) is 2. The first-order chi connectivity index (χ1) is 16.7. The summed E-state index contributed by atoms with van der Waals surface area (Å²) in [5.74, 6) is 0.293. The first kappa shape index (κ1) is 25.4. The molecule has 2 amide bonds. The molecule has 5 heteroatoms. The van der Waals surface area contributed by atoms with Crippen molar-refractivity contribution < 1.29 is 9.59 Å². The lowest BCUT2D eigenvalue weighted by molar-refractivity contribution is -0.132. The smallest absolute Gasteiger partial charge is 0.225 e. The van der Waals surface area contributed by atoms with Crippen LogP contribution in [0.3, 0.4) is 0 Å². The van der Waals surface area contributed by atoms with Crippen molar-refractivity contribution >= 4 is 11.8 Å². The maximum atomic E-state index is 13.0. The van der Waals surface area contributed by atoms with Crippen molar-refractivity contribution in [1.29, 1.82) is 0 Å². The highest BCUT2D eigenvalue weighted by Gasteiger charge is 2.50. The van der Waals surface area contributed by atoms with Crippen molar-refractivity contribution in [3.63, 3.8) is 0 Å². The molecular formula is C30H41N3O2. The minimum Gasteiger partial charge on any atom is -0.352 e. The number of amides is 2. The van der Waals surface area contributed by atoms with Crippen LogP contribution < -0.4 is 5.32 Å². The van der Waals surface area contributed by atoms with Gasteiger partial charge in [0, 0.05) is 37.0 Å². The predicted molar refractivity (Wildman–Crippen MR) is 141 cm³/mol. The van der Waals surface area contributed by atoms with Crippen LogP contribution in [0.2, 0.25) is 0 Å². The van der Waals surface area contributed by atoms with Crippen LogP contribution >= 0.6 is 0 Å². The van der Waals surface area contributed by atoms with Gasteiger partial charge in [-0.3, -0.25) is 14.5 Å². The van der Waals surface area contributed by atoms with E-state index in [2.05, 4.69) is 54.6 Å². The van der Waals surface area contributed by atoms with Crippen molar-refractivity contribution in [2.75, 3.05) is 27.2 Å². The van der Waals surface area contributed by atoms with Crippen LogP contribution in [-0.4, -0.2) is 48.8 Å². The second-order valence-electron chi connectivity index (χ2n) is 11.6. The van der Waals surface area contributed by atoms with Gasteiger partial charge in [-0.25, -0.2) is 0 Å². The molecule has 4 rings (SSSR count). The summed E-state index contributed by atoms with van der Waals surface area (Å²) in [5.41, 5.74) is 2.07. The molecule has 5 nitrogen and oxygen atoms in total. The highest BCUT2D eigenvalue weighted by atomic mass is 16.2. The van der Waals surface area contributed by atoms with Gasteiger partial charge in [-0.1, -0.05) is 74.5 Å². The summed E-state index contributed by atoms with van der Waals surface area (Å²) in [5, 5.41) is 3.07. The van der Waals surface area contributed by atoms with Gasteiger partial charge in [0.25, 0.3) is 0 Å². The Morgan fingerprint density at radius 3 is 2.17 bits per heavy atom. The SMILES string of the molecule is CN(C)C1(c2ccccc2)CCC2(CC1)CC(=O)N(CCC(C)(C)C(=O)NCc1ccccc1)C2. The Labute approximate surface area is 210 Å². The molecule has 0 radical (unpaired) electrons. The quantitative estimate of drug-likeness (QED) is 0.587. The molecule has 1 aliphatic heterocycles. The lowest BCUT2D eigenvalue weighted by Crippen LogP contribution is -2.47. The van der Waals surface area contributed by atoms with Crippen molar-refractivity contribution in [3.05, 3.63) is 71.8 Å². The average molecular weight is 476 g/mol. The molecule has 1 saturated carbocycles. The summed E-state index contributed by atoms with van der Waals surface area (Å²) in [6.45, 7) is 5.96. The largest absolute Gasteiger partial charge is 0.352 e. The Morgan fingerprint density at radius 2 is 1.57 bits per heavy atom. The van der Waals surface area contributed by atoms with Crippen LogP contribution in [0.4, 0.5) is 0 Å². The van der Waals surface area contributed by atoms with Gasteiger partial charge in [0.1, 0.15) is 0 Å². The van der Waals surface area contributed by atoms with Gasteiger partial charge in [-0.2, -0.15) is 0 Å². The highest BCUT2D eigenvalue weighted by molar-refractivity contribution is 5.82. The lowest BCUT2D eigenvalue weighted by atomic mass is 9.64. The van der Waals surface area contributed by atoms with Gasteiger partial charge in [-0.05, 0) is 62.7 Å². The number of benzene rings is 2. The molecule has 1 N–H and O–H groups in total. The van der Waals surface area contributed by atoms with Crippen molar-refractivity contribution in [3.8, 4) is 0 Å². The molecule has 2 aromatic rings. The van der Waals surface area contributed by atoms with Gasteiger partial charge < -0.3 is 10.2 Å². The van der Waals surface area contributed by atoms with Crippen molar-refractivity contribution in [2.45, 2.75) is 64.5 Å². The van der Waals surface area contributed by atoms with Gasteiger partial charge in [0.05, 0.1) is 0 Å². The fourth-order valence-corrected chi connectivity index (χ4v) is 6.00. The zero-order valence-corrected chi connectivity index (χ0v) is 21.8. The summed E-state index contributed by atoms with van der Waals surface area (Å²) < 4.78 is 0. The standard InChI is InChI=1S/C30H41N3O2/c1-28(2,27(35)31-22-24-11-7-5-8-12-24)19-20-33-23-29(21-26(33)34)15-17-30(18-16-29,32(3)4)25-13-9-6-10-14-25/h5-14H,15-23H2,1-4H3,(H,31,35). The normalized spacial score (nSPS) is 24.8. The van der Waals surface area contributed by atoms with E-state index in [1.807, 2.05) is 49.1 Å². The molecule has 0 aromatic heterocycles. The number of likely N-dealkylation sites (tertiary alicyclic amines) is 1. The molecule has 2 aromatic carbocycles. The van der Waals surface area contributed by atoms with Crippen LogP contribution in [0, 0.1) is 10.8 Å². The van der Waals surface area contributed by atoms with E-state index in [9.17, 15) is 9.59 Å². The Kier molecular flexibility index (Phi) is 7.37. The van der Waals surface area contributed by atoms with E-state index < -0.39 is 5.41 Å². The molecule has 1 spiro atoms. The van der Waals surface area contributed by atoms with Crippen LogP contribution in [-0.2, 0) is 21.7 Å². The van der Waals surface area contributed by atoms with E-state index in [0.717, 1.165) is 37.8 Å². The first-order valence-corrected chi connectivity index (χ1v) is 13.0. The van der Waals surface area contributed by atoms with E-state index in [4.69, 9.17) is 0 Å². The van der Waals surface area contributed by atoms with E-state index >= 15 is 0 Å². The molecule has 35 heavy (non-hydrogen) atoms. The topological polar surface area (TPSA) is 52.7 Å². The van der Waals surface area contributed by atoms with Gasteiger partial charge >= 0.3 is 0 Å². The molecule has 2 fully saturated rings. The molecule has 0 bridgehead atoms. The van der Waals surface area contributed by atoms with Crippen LogP contribution in [0.25, 0.3) is 0 Å². The predicted octanol–water partition coefficient (Wildman–Crippen LogP) is 4.97. The van der Waals surface area contributed by atoms with Crippen LogP contribution in [0.5, 0.6) is 0 Å². The van der Waals surface area contributed by atoms with Gasteiger partial charge in [0.15, 0.2) is 0 Å². The summed E-state index contributed by atoms with van der Waals surface area (Å²) in [6.07, 6.45) is 5.57. The highest BCUT2D eigenvalue weighted by Crippen LogP contribution is 2.52. The number of hydrogen-bond acceptors (Lipinski definition) is 3. The maximum Gasteiger partial charge on any atom is 0.225 e. The first-order valence-electron chi connectivity index (χ1n) is 13.0. The molecular weight excluding hydrogens is 434 g/mol. The number of rotatable bonds is 8. The zero-order chi connectivity index (χ0) is 25.1. The van der Waals surface area contributed by atoms with E-state index in [-0.39, 0.29) is 22.8 Å². The number of carbonyl (C=O) groups is 2. The molecule has 1 aliphatic carbocycles. The third-order valence-corrected chi connectivity index (χ3v) is 8.63. The van der Waals surface area contributed by atoms with Gasteiger partial charge in [-0.15, -0.1) is 0 Å². The number of hydrogen-bond donors (Lipinski definition) is 1. The van der Waals surface area contributed by atoms with E-state index in [0.29, 0.717) is 25.9 Å². The fourth-order valence-electron chi connectivity index (χ4n) is 6.00. The van der Waals surface area contributed by atoms with E-state index in [1.165, 1.54) is 5.56 Å². The lowest BCUT2D eigenvalue weighted by Gasteiger charge is -2.49. The second kappa shape index (κ2) is 10.1. The molecule has 1 saturated heterocycles. The minimum atomic E-state index is -0.523. The Balaban J connectivity index is 1.33. The van der Waals surface area contributed by atoms with E-state index in [1.54, 1.807) is 0 Å². The fraction of sp³-hybridized carbons (Fsp3) is 0.533. The Morgan fingerprint density at radius 1 is 0.971 bits per heavy atom. The molecule has 0 atom stereocenters. The van der Waals surface area contributed by atoms with Gasteiger partial charge in [0.2, 0.25) is 11.8 Å². The zero-order valence-electron chi connectivity index (χ0n) is 21.8. The third-order valence-electron chi connectivity index (χ3n) is 8.63. The average Bonchev–Trinajstić information content (AvgIpc) is 3.17. The van der Waals surface area contributed by atoms with Crippen molar-refractivity contribution in [1.82, 2.24) is 15.1 Å². The molecule has 188 valence electrons. The van der Waals surface area contributed by atoms with Crippen LogP contribution in [0.15, 0.2) is 60.7 Å².